The van der Waals surface area contributed by atoms with Crippen LogP contribution < -0.4 is 16.2 Å². The van der Waals surface area contributed by atoms with Crippen LogP contribution in [0.1, 0.15) is 16.1 Å². The smallest absolute Gasteiger partial charge is 0.278 e. The van der Waals surface area contributed by atoms with E-state index in [0.717, 1.165) is 11.3 Å². The lowest BCUT2D eigenvalue weighted by Crippen LogP contribution is -2.27. The molecule has 0 aliphatic heterocycles. The summed E-state index contributed by atoms with van der Waals surface area (Å²) in [7, 11) is 1.70. The quantitative estimate of drug-likeness (QED) is 0.640. The van der Waals surface area contributed by atoms with Crippen molar-refractivity contribution in [2.24, 2.45) is 5.84 Å². The van der Waals surface area contributed by atoms with Crippen LogP contribution in [0.2, 0.25) is 0 Å². The Kier molecular flexibility index (Phi) is 3.72. The number of rotatable bonds is 3. The standard InChI is InChI=1S/C13H15N5O/c1-9-4-3-5-10(8-9)18(2)13(19)11-6-7-12(15-14)17-16-11/h3-8H,14H2,1-2H3,(H,15,17). The zero-order valence-electron chi connectivity index (χ0n) is 10.8. The van der Waals surface area contributed by atoms with E-state index < -0.39 is 0 Å². The molecule has 6 nitrogen and oxygen atoms in total. The van der Waals surface area contributed by atoms with Crippen LogP contribution in [0.25, 0.3) is 0 Å². The zero-order valence-corrected chi connectivity index (χ0v) is 10.8. The Hall–Kier alpha value is -2.47. The summed E-state index contributed by atoms with van der Waals surface area (Å²) in [6.07, 6.45) is 0. The lowest BCUT2D eigenvalue weighted by atomic mass is 10.2. The van der Waals surface area contributed by atoms with Gasteiger partial charge < -0.3 is 10.3 Å². The predicted octanol–water partition coefficient (Wildman–Crippen LogP) is 1.35. The topological polar surface area (TPSA) is 84.1 Å². The van der Waals surface area contributed by atoms with E-state index in [2.05, 4.69) is 15.6 Å². The third kappa shape index (κ3) is 2.86. The number of aromatic nitrogens is 2. The van der Waals surface area contributed by atoms with Gasteiger partial charge in [-0.25, -0.2) is 5.84 Å². The first kappa shape index (κ1) is 13.0. The molecule has 6 heteroatoms. The van der Waals surface area contributed by atoms with E-state index >= 15 is 0 Å². The number of hydrazine groups is 1. The van der Waals surface area contributed by atoms with Gasteiger partial charge in [-0.3, -0.25) is 4.79 Å². The lowest BCUT2D eigenvalue weighted by Gasteiger charge is -2.17. The molecule has 1 amide bonds. The Balaban J connectivity index is 2.23. The molecule has 19 heavy (non-hydrogen) atoms. The summed E-state index contributed by atoms with van der Waals surface area (Å²) in [5, 5.41) is 7.61. The summed E-state index contributed by atoms with van der Waals surface area (Å²) in [6, 6.07) is 10.9. The van der Waals surface area contributed by atoms with Crippen molar-refractivity contribution in [3.05, 3.63) is 47.7 Å². The molecule has 0 atom stereocenters. The molecule has 1 aromatic heterocycles. The fraction of sp³-hybridized carbons (Fsp3) is 0.154. The van der Waals surface area contributed by atoms with Gasteiger partial charge >= 0.3 is 0 Å². The van der Waals surface area contributed by atoms with Crippen LogP contribution in [-0.4, -0.2) is 23.2 Å². The Bertz CT molecular complexity index is 582. The molecule has 0 unspecified atom stereocenters. The van der Waals surface area contributed by atoms with E-state index in [0.29, 0.717) is 5.82 Å². The number of benzene rings is 1. The molecule has 0 aliphatic rings. The molecule has 1 heterocycles. The molecular weight excluding hydrogens is 242 g/mol. The highest BCUT2D eigenvalue weighted by atomic mass is 16.2. The third-order valence-electron chi connectivity index (χ3n) is 2.73. The number of nitrogen functional groups attached to an aromatic ring is 1. The normalized spacial score (nSPS) is 10.1. The molecule has 0 bridgehead atoms. The van der Waals surface area contributed by atoms with Crippen LogP contribution >= 0.6 is 0 Å². The Morgan fingerprint density at radius 2 is 2.05 bits per heavy atom. The maximum Gasteiger partial charge on any atom is 0.278 e. The number of nitrogens with two attached hydrogens (primary N) is 1. The average Bonchev–Trinajstić information content (AvgIpc) is 2.46. The minimum Gasteiger partial charge on any atom is -0.310 e. The number of anilines is 2. The van der Waals surface area contributed by atoms with Gasteiger partial charge in [0.25, 0.3) is 5.91 Å². The van der Waals surface area contributed by atoms with Crippen molar-refractivity contribution in [3.8, 4) is 0 Å². The van der Waals surface area contributed by atoms with Crippen molar-refractivity contribution in [3.63, 3.8) is 0 Å². The van der Waals surface area contributed by atoms with Crippen LogP contribution in [0.4, 0.5) is 11.5 Å². The number of carbonyl (C=O) groups is 1. The van der Waals surface area contributed by atoms with Crippen molar-refractivity contribution in [2.45, 2.75) is 6.92 Å². The van der Waals surface area contributed by atoms with Crippen LogP contribution in [0.5, 0.6) is 0 Å². The summed E-state index contributed by atoms with van der Waals surface area (Å²) in [5.74, 6) is 5.39. The molecule has 2 aromatic rings. The van der Waals surface area contributed by atoms with E-state index in [1.165, 1.54) is 4.90 Å². The summed E-state index contributed by atoms with van der Waals surface area (Å²) in [5.41, 5.74) is 4.53. The molecule has 3 N–H and O–H groups in total. The molecular formula is C13H15N5O. The fourth-order valence-electron chi connectivity index (χ4n) is 1.65. The number of aryl methyl sites for hydroxylation is 1. The van der Waals surface area contributed by atoms with Gasteiger partial charge in [0.1, 0.15) is 0 Å². The third-order valence-corrected chi connectivity index (χ3v) is 2.73. The van der Waals surface area contributed by atoms with Crippen LogP contribution in [0, 0.1) is 6.92 Å². The maximum absolute atomic E-state index is 12.2. The first-order chi connectivity index (χ1) is 9.11. The van der Waals surface area contributed by atoms with Gasteiger partial charge in [0.05, 0.1) is 0 Å². The van der Waals surface area contributed by atoms with E-state index in [1.54, 1.807) is 19.2 Å². The fourth-order valence-corrected chi connectivity index (χ4v) is 1.65. The molecule has 2 rings (SSSR count). The average molecular weight is 257 g/mol. The first-order valence-corrected chi connectivity index (χ1v) is 5.77. The van der Waals surface area contributed by atoms with Crippen molar-refractivity contribution in [2.75, 3.05) is 17.4 Å². The van der Waals surface area contributed by atoms with Crippen molar-refractivity contribution in [1.82, 2.24) is 10.2 Å². The Morgan fingerprint density at radius 3 is 2.63 bits per heavy atom. The van der Waals surface area contributed by atoms with Gasteiger partial charge in [-0.05, 0) is 36.8 Å². The van der Waals surface area contributed by atoms with Crippen molar-refractivity contribution in [1.29, 1.82) is 0 Å². The van der Waals surface area contributed by atoms with Gasteiger partial charge in [0.2, 0.25) is 0 Å². The van der Waals surface area contributed by atoms with Crippen LogP contribution in [0.15, 0.2) is 36.4 Å². The minimum absolute atomic E-state index is 0.221. The summed E-state index contributed by atoms with van der Waals surface area (Å²) in [6.45, 7) is 1.98. The van der Waals surface area contributed by atoms with Gasteiger partial charge in [-0.15, -0.1) is 10.2 Å². The summed E-state index contributed by atoms with van der Waals surface area (Å²) >= 11 is 0. The summed E-state index contributed by atoms with van der Waals surface area (Å²) in [4.78, 5) is 13.8. The molecule has 0 fully saturated rings. The van der Waals surface area contributed by atoms with Gasteiger partial charge in [0.15, 0.2) is 11.5 Å². The second kappa shape index (κ2) is 5.45. The van der Waals surface area contributed by atoms with Crippen molar-refractivity contribution >= 4 is 17.4 Å². The molecule has 0 saturated heterocycles. The highest BCUT2D eigenvalue weighted by Gasteiger charge is 2.15. The number of amides is 1. The van der Waals surface area contributed by atoms with Gasteiger partial charge in [-0.2, -0.15) is 0 Å². The van der Waals surface area contributed by atoms with E-state index in [1.807, 2.05) is 31.2 Å². The molecule has 0 saturated carbocycles. The molecule has 0 radical (unpaired) electrons. The maximum atomic E-state index is 12.2. The molecule has 98 valence electrons. The first-order valence-electron chi connectivity index (χ1n) is 5.77. The number of nitrogens with zero attached hydrogens (tertiary/aromatic N) is 3. The van der Waals surface area contributed by atoms with Crippen LogP contribution in [0.3, 0.4) is 0 Å². The zero-order chi connectivity index (χ0) is 13.8. The number of carbonyl (C=O) groups excluding carboxylic acids is 1. The highest BCUT2D eigenvalue weighted by Crippen LogP contribution is 2.16. The second-order valence-electron chi connectivity index (χ2n) is 4.15. The second-order valence-corrected chi connectivity index (χ2v) is 4.15. The van der Waals surface area contributed by atoms with E-state index in [4.69, 9.17) is 5.84 Å². The highest BCUT2D eigenvalue weighted by molar-refractivity contribution is 6.04. The lowest BCUT2D eigenvalue weighted by molar-refractivity contribution is 0.0987. The predicted molar refractivity (Wildman–Crippen MR) is 73.8 cm³/mol. The Morgan fingerprint density at radius 1 is 1.26 bits per heavy atom. The van der Waals surface area contributed by atoms with Crippen LogP contribution in [-0.2, 0) is 0 Å². The molecule has 1 aromatic carbocycles. The van der Waals surface area contributed by atoms with Gasteiger partial charge in [0, 0.05) is 12.7 Å². The summed E-state index contributed by atoms with van der Waals surface area (Å²) < 4.78 is 0. The molecule has 0 spiro atoms. The molecule has 0 aliphatic carbocycles. The Labute approximate surface area is 111 Å². The largest absolute Gasteiger partial charge is 0.310 e. The number of hydrogen-bond donors (Lipinski definition) is 2. The van der Waals surface area contributed by atoms with E-state index in [-0.39, 0.29) is 11.6 Å². The SMILES string of the molecule is Cc1cccc(N(C)C(=O)c2ccc(NN)nn2)c1. The minimum atomic E-state index is -0.221. The van der Waals surface area contributed by atoms with E-state index in [9.17, 15) is 4.79 Å². The van der Waals surface area contributed by atoms with Crippen molar-refractivity contribution < 1.29 is 4.79 Å². The number of nitrogens with one attached hydrogen (secondary N) is 1. The monoisotopic (exact) mass is 257 g/mol. The van der Waals surface area contributed by atoms with Gasteiger partial charge in [-0.1, -0.05) is 12.1 Å². The number of hydrogen-bond acceptors (Lipinski definition) is 5.